The molecule has 1 aromatic rings. The summed E-state index contributed by atoms with van der Waals surface area (Å²) in [4.78, 5) is 0. The van der Waals surface area contributed by atoms with E-state index < -0.39 is 0 Å². The number of hydrogen-bond donors (Lipinski definition) is 1. The van der Waals surface area contributed by atoms with Gasteiger partial charge in [0.05, 0.1) is 14.2 Å². The average molecular weight is 181 g/mol. The highest BCUT2D eigenvalue weighted by atomic mass is 16.5. The van der Waals surface area contributed by atoms with Crippen molar-refractivity contribution in [2.75, 3.05) is 14.2 Å². The Morgan fingerprint density at radius 3 is 2.00 bits per heavy atom. The van der Waals surface area contributed by atoms with Gasteiger partial charge in [-0.3, -0.25) is 0 Å². The Balaban J connectivity index is 3.20. The Morgan fingerprint density at radius 2 is 1.69 bits per heavy atom. The molecule has 0 heterocycles. The molecule has 0 unspecified atom stereocenters. The molecule has 0 aliphatic rings. The fraction of sp³-hybridized carbons (Fsp3) is 0.300. The molecule has 0 aromatic heterocycles. The minimum absolute atomic E-state index is 0.0298. The zero-order valence-electron chi connectivity index (χ0n) is 7.83. The highest BCUT2D eigenvalue weighted by molar-refractivity contribution is 5.52. The lowest BCUT2D eigenvalue weighted by Gasteiger charge is -2.09. The molecule has 0 saturated carbocycles. The summed E-state index contributed by atoms with van der Waals surface area (Å²) >= 11 is 0. The van der Waals surface area contributed by atoms with Crippen LogP contribution < -0.4 is 9.47 Å². The molecule has 0 saturated heterocycles. The molecule has 1 aromatic carbocycles. The lowest BCUT2D eigenvalue weighted by molar-refractivity contribution is 0.339. The number of hydrogen-bond acceptors (Lipinski definition) is 3. The number of rotatable bonds is 3. The second-order valence-corrected chi connectivity index (χ2v) is 2.60. The highest BCUT2D eigenvalue weighted by Crippen LogP contribution is 2.36. The molecule has 0 amide bonds. The predicted octanol–water partition coefficient (Wildman–Crippen LogP) is 1.79. The molecule has 0 aliphatic carbocycles. The van der Waals surface area contributed by atoms with E-state index in [0.717, 1.165) is 5.56 Å². The van der Waals surface area contributed by atoms with Crippen molar-refractivity contribution < 1.29 is 14.6 Å². The van der Waals surface area contributed by atoms with Gasteiger partial charge in [-0.1, -0.05) is 0 Å². The Bertz CT molecular complexity index is 269. The van der Waals surface area contributed by atoms with Crippen molar-refractivity contribution in [3.05, 3.63) is 24.6 Å². The van der Waals surface area contributed by atoms with Crippen LogP contribution in [0.15, 0.2) is 12.1 Å². The van der Waals surface area contributed by atoms with Crippen molar-refractivity contribution in [1.82, 2.24) is 0 Å². The molecule has 71 valence electrons. The van der Waals surface area contributed by atoms with Crippen molar-refractivity contribution in [3.63, 3.8) is 0 Å². The zero-order valence-corrected chi connectivity index (χ0v) is 7.83. The van der Waals surface area contributed by atoms with Crippen LogP contribution in [0.4, 0.5) is 0 Å². The highest BCUT2D eigenvalue weighted by Gasteiger charge is 2.09. The second-order valence-electron chi connectivity index (χ2n) is 2.60. The summed E-state index contributed by atoms with van der Waals surface area (Å²) in [5.74, 6) is 0.859. The third kappa shape index (κ3) is 1.86. The molecule has 3 nitrogen and oxygen atoms in total. The molecule has 0 fully saturated rings. The minimum atomic E-state index is 0.0298. The molecule has 1 N–H and O–H groups in total. The van der Waals surface area contributed by atoms with Gasteiger partial charge in [-0.05, 0) is 31.0 Å². The van der Waals surface area contributed by atoms with E-state index in [1.165, 1.54) is 14.2 Å². The quantitative estimate of drug-likeness (QED) is 0.772. The van der Waals surface area contributed by atoms with E-state index in [2.05, 4.69) is 6.92 Å². The summed E-state index contributed by atoms with van der Waals surface area (Å²) in [6, 6.07) is 3.48. The second kappa shape index (κ2) is 4.03. The maximum Gasteiger partial charge on any atom is 0.200 e. The van der Waals surface area contributed by atoms with E-state index in [1.807, 2.05) is 0 Å². The van der Waals surface area contributed by atoms with E-state index in [4.69, 9.17) is 9.47 Å². The monoisotopic (exact) mass is 181 g/mol. The van der Waals surface area contributed by atoms with Crippen molar-refractivity contribution in [1.29, 1.82) is 0 Å². The van der Waals surface area contributed by atoms with Gasteiger partial charge in [0.25, 0.3) is 0 Å². The predicted molar refractivity (Wildman–Crippen MR) is 50.3 cm³/mol. The van der Waals surface area contributed by atoms with E-state index >= 15 is 0 Å². The summed E-state index contributed by atoms with van der Waals surface area (Å²) in [7, 11) is 3.00. The number of ether oxygens (including phenoxy) is 2. The number of benzene rings is 1. The maximum atomic E-state index is 9.54. The first-order valence-electron chi connectivity index (χ1n) is 3.96. The van der Waals surface area contributed by atoms with Crippen molar-refractivity contribution >= 4 is 0 Å². The SMILES string of the molecule is [CH2]Cc1cc(OC)c(O)c(OC)c1. The smallest absolute Gasteiger partial charge is 0.200 e. The van der Waals surface area contributed by atoms with Crippen LogP contribution >= 0.6 is 0 Å². The number of phenols is 1. The largest absolute Gasteiger partial charge is 0.502 e. The molecule has 3 heteroatoms. The van der Waals surface area contributed by atoms with Crippen LogP contribution in [0, 0.1) is 6.92 Å². The van der Waals surface area contributed by atoms with Crippen LogP contribution in [0.2, 0.25) is 0 Å². The molecule has 0 aliphatic heterocycles. The fourth-order valence-corrected chi connectivity index (χ4v) is 1.09. The fourth-order valence-electron chi connectivity index (χ4n) is 1.09. The van der Waals surface area contributed by atoms with Crippen LogP contribution in [0.1, 0.15) is 5.56 Å². The van der Waals surface area contributed by atoms with Gasteiger partial charge < -0.3 is 14.6 Å². The van der Waals surface area contributed by atoms with Crippen LogP contribution in [0.5, 0.6) is 17.2 Å². The molecular weight excluding hydrogens is 168 g/mol. The van der Waals surface area contributed by atoms with E-state index in [-0.39, 0.29) is 5.75 Å². The van der Waals surface area contributed by atoms with Gasteiger partial charge in [0.1, 0.15) is 0 Å². The van der Waals surface area contributed by atoms with Crippen molar-refractivity contribution in [3.8, 4) is 17.2 Å². The third-order valence-electron chi connectivity index (χ3n) is 1.83. The van der Waals surface area contributed by atoms with Crippen LogP contribution in [0.3, 0.4) is 0 Å². The van der Waals surface area contributed by atoms with Gasteiger partial charge in [0.2, 0.25) is 5.75 Å². The number of aromatic hydroxyl groups is 1. The molecule has 1 rings (SSSR count). The van der Waals surface area contributed by atoms with Crippen LogP contribution in [-0.2, 0) is 6.42 Å². The summed E-state index contributed by atoms with van der Waals surface area (Å²) in [5, 5.41) is 9.54. The Hall–Kier alpha value is -1.38. The molecule has 1 radical (unpaired) electrons. The molecule has 0 bridgehead atoms. The number of methoxy groups -OCH3 is 2. The molecule has 13 heavy (non-hydrogen) atoms. The van der Waals surface area contributed by atoms with Crippen molar-refractivity contribution in [2.24, 2.45) is 0 Å². The lowest BCUT2D eigenvalue weighted by atomic mass is 10.1. The summed E-state index contributed by atoms with van der Waals surface area (Å²) in [6.45, 7) is 3.74. The topological polar surface area (TPSA) is 38.7 Å². The van der Waals surface area contributed by atoms with Gasteiger partial charge in [0, 0.05) is 0 Å². The molecule has 0 spiro atoms. The Kier molecular flexibility index (Phi) is 3.01. The maximum absolute atomic E-state index is 9.54. The lowest BCUT2D eigenvalue weighted by Crippen LogP contribution is -1.91. The van der Waals surface area contributed by atoms with Gasteiger partial charge in [-0.25, -0.2) is 0 Å². The third-order valence-corrected chi connectivity index (χ3v) is 1.83. The number of phenolic OH excluding ortho intramolecular Hbond substituents is 1. The zero-order chi connectivity index (χ0) is 9.84. The Morgan fingerprint density at radius 1 is 1.23 bits per heavy atom. The van der Waals surface area contributed by atoms with Gasteiger partial charge in [-0.2, -0.15) is 0 Å². The molecular formula is C10H13O3. The first-order valence-corrected chi connectivity index (χ1v) is 3.96. The summed E-state index contributed by atoms with van der Waals surface area (Å²) < 4.78 is 9.94. The first-order chi connectivity index (χ1) is 6.22. The minimum Gasteiger partial charge on any atom is -0.502 e. The van der Waals surface area contributed by atoms with Crippen molar-refractivity contribution in [2.45, 2.75) is 6.42 Å². The van der Waals surface area contributed by atoms with E-state index in [1.54, 1.807) is 12.1 Å². The molecule has 0 atom stereocenters. The van der Waals surface area contributed by atoms with E-state index in [0.29, 0.717) is 17.9 Å². The van der Waals surface area contributed by atoms with Gasteiger partial charge in [-0.15, -0.1) is 0 Å². The standard InChI is InChI=1S/C10H13O3/c1-4-7-5-8(12-2)10(11)9(6-7)13-3/h5-6,11H,1,4H2,2-3H3. The summed E-state index contributed by atoms with van der Waals surface area (Å²) in [5.41, 5.74) is 0.964. The van der Waals surface area contributed by atoms with Crippen LogP contribution in [0.25, 0.3) is 0 Å². The van der Waals surface area contributed by atoms with Crippen LogP contribution in [-0.4, -0.2) is 19.3 Å². The summed E-state index contributed by atoms with van der Waals surface area (Å²) in [6.07, 6.45) is 0.632. The van der Waals surface area contributed by atoms with E-state index in [9.17, 15) is 5.11 Å². The van der Waals surface area contributed by atoms with Gasteiger partial charge >= 0.3 is 0 Å². The Labute approximate surface area is 77.9 Å². The first kappa shape index (κ1) is 9.71. The normalized spacial score (nSPS) is 9.77. The average Bonchev–Trinajstić information content (AvgIpc) is 2.18. The van der Waals surface area contributed by atoms with Gasteiger partial charge in [0.15, 0.2) is 11.5 Å².